The Bertz CT molecular complexity index is 707. The first kappa shape index (κ1) is 18.3. The summed E-state index contributed by atoms with van der Waals surface area (Å²) in [5.74, 6) is -0.984. The third-order valence-electron chi connectivity index (χ3n) is 3.28. The maximum atomic E-state index is 12.1. The molecule has 2 aromatic carbocycles. The average Bonchev–Trinajstić information content (AvgIpc) is 2.51. The van der Waals surface area contributed by atoms with E-state index in [9.17, 15) is 9.90 Å². The summed E-state index contributed by atoms with van der Waals surface area (Å²) in [4.78, 5) is 11.7. The number of carbonyl (C=O) groups is 1. The Balaban J connectivity index is 2.58. The number of aliphatic carboxylic acids is 1. The fraction of sp³-hybridized carbons (Fsp3) is 0.188. The lowest BCUT2D eigenvalue weighted by Gasteiger charge is -2.31. The zero-order valence-electron chi connectivity index (χ0n) is 12.5. The molecule has 23 heavy (non-hydrogen) atoms. The monoisotopic (exact) mass is 387 g/mol. The molecule has 0 aliphatic rings. The molecule has 7 heteroatoms. The molecular weight excluding hydrogens is 373 g/mol. The molecule has 0 aliphatic carbocycles. The molecule has 2 N–H and O–H groups in total. The Morgan fingerprint density at radius 2 is 1.74 bits per heavy atom. The van der Waals surface area contributed by atoms with Crippen LogP contribution in [0.4, 0.5) is 5.69 Å². The summed E-state index contributed by atoms with van der Waals surface area (Å²) >= 11 is 14.8. The highest BCUT2D eigenvalue weighted by molar-refractivity contribution is 8.00. The average molecular weight is 388 g/mol. The number of hydrogen-bond acceptors (Lipinski definition) is 4. The fourth-order valence-electron chi connectivity index (χ4n) is 2.25. The Kier molecular flexibility index (Phi) is 6.14. The first-order valence-electron chi connectivity index (χ1n) is 6.59. The Morgan fingerprint density at radius 3 is 2.26 bits per heavy atom. The van der Waals surface area contributed by atoms with Crippen molar-refractivity contribution in [1.29, 1.82) is 0 Å². The van der Waals surface area contributed by atoms with Crippen LogP contribution >= 0.6 is 46.7 Å². The van der Waals surface area contributed by atoms with Crippen molar-refractivity contribution in [1.82, 2.24) is 0 Å². The fourth-order valence-corrected chi connectivity index (χ4v) is 4.29. The van der Waals surface area contributed by atoms with E-state index in [1.54, 1.807) is 24.5 Å². The van der Waals surface area contributed by atoms with Gasteiger partial charge in [0.2, 0.25) is 4.87 Å². The molecule has 2 rings (SSSR count). The third-order valence-corrected chi connectivity index (χ3v) is 5.62. The Morgan fingerprint density at radius 1 is 1.13 bits per heavy atom. The Hall–Kier alpha value is -1.01. The van der Waals surface area contributed by atoms with Gasteiger partial charge in [0.05, 0.1) is 0 Å². The number of nitrogens with one attached hydrogen (secondary N) is 1. The van der Waals surface area contributed by atoms with Crippen molar-refractivity contribution in [2.24, 2.45) is 0 Å². The molecule has 0 saturated carbocycles. The smallest absolute Gasteiger partial charge is 0.344 e. The Labute approximate surface area is 153 Å². The standard InChI is InChI=1S/C16H15Cl2NO2S2/c1-22-14-6-4-3-5-13(14)16(23-2,15(20)21)19-12-8-10(17)7-11(18)9-12/h3-9,19H,1-2H3,(H,20,21). The highest BCUT2D eigenvalue weighted by Gasteiger charge is 2.41. The molecule has 0 aliphatic heterocycles. The number of rotatable bonds is 6. The van der Waals surface area contributed by atoms with Gasteiger partial charge in [0, 0.05) is 26.2 Å². The largest absolute Gasteiger partial charge is 0.479 e. The molecule has 0 heterocycles. The molecule has 0 spiro atoms. The molecule has 2 aromatic rings. The first-order valence-corrected chi connectivity index (χ1v) is 9.80. The maximum Gasteiger partial charge on any atom is 0.344 e. The van der Waals surface area contributed by atoms with Crippen LogP contribution in [-0.4, -0.2) is 23.6 Å². The third kappa shape index (κ3) is 3.91. The van der Waals surface area contributed by atoms with Gasteiger partial charge in [-0.2, -0.15) is 0 Å². The van der Waals surface area contributed by atoms with Gasteiger partial charge in [-0.1, -0.05) is 41.4 Å². The number of halogens is 2. The normalized spacial score (nSPS) is 13.4. The number of thioether (sulfide) groups is 2. The van der Waals surface area contributed by atoms with Gasteiger partial charge in [-0.25, -0.2) is 4.79 Å². The minimum absolute atomic E-state index is 0.443. The van der Waals surface area contributed by atoms with Crippen LogP contribution in [0.3, 0.4) is 0 Å². The number of carboxylic acid groups (broad SMARTS) is 1. The van der Waals surface area contributed by atoms with Crippen molar-refractivity contribution in [3.63, 3.8) is 0 Å². The summed E-state index contributed by atoms with van der Waals surface area (Å²) in [6.45, 7) is 0. The lowest BCUT2D eigenvalue weighted by Crippen LogP contribution is -2.40. The molecule has 0 saturated heterocycles. The second kappa shape index (κ2) is 7.71. The lowest BCUT2D eigenvalue weighted by atomic mass is 10.1. The molecule has 122 valence electrons. The predicted octanol–water partition coefficient (Wildman–Crippen LogP) is 5.43. The topological polar surface area (TPSA) is 49.3 Å². The van der Waals surface area contributed by atoms with Crippen molar-refractivity contribution in [3.05, 3.63) is 58.1 Å². The predicted molar refractivity (Wildman–Crippen MR) is 101 cm³/mol. The second-order valence-corrected chi connectivity index (χ2v) is 7.42. The van der Waals surface area contributed by atoms with Gasteiger partial charge in [-0.05, 0) is 36.8 Å². The summed E-state index contributed by atoms with van der Waals surface area (Å²) in [5.41, 5.74) is 1.23. The van der Waals surface area contributed by atoms with Crippen molar-refractivity contribution in [2.45, 2.75) is 9.77 Å². The molecule has 0 fully saturated rings. The van der Waals surface area contributed by atoms with E-state index in [1.807, 2.05) is 30.5 Å². The van der Waals surface area contributed by atoms with Gasteiger partial charge in [0.1, 0.15) is 0 Å². The van der Waals surface area contributed by atoms with E-state index < -0.39 is 10.8 Å². The molecule has 0 bridgehead atoms. The van der Waals surface area contributed by atoms with E-state index in [0.717, 1.165) is 4.90 Å². The molecule has 1 unspecified atom stereocenters. The number of benzene rings is 2. The highest BCUT2D eigenvalue weighted by Crippen LogP contribution is 2.41. The van der Waals surface area contributed by atoms with Gasteiger partial charge in [-0.15, -0.1) is 23.5 Å². The van der Waals surface area contributed by atoms with Crippen molar-refractivity contribution in [2.75, 3.05) is 17.8 Å². The first-order chi connectivity index (χ1) is 10.9. The number of carboxylic acids is 1. The number of anilines is 1. The second-order valence-electron chi connectivity index (χ2n) is 4.67. The summed E-state index contributed by atoms with van der Waals surface area (Å²) < 4.78 is 0. The summed E-state index contributed by atoms with van der Waals surface area (Å²) in [6, 6.07) is 12.3. The molecule has 1 atom stereocenters. The van der Waals surface area contributed by atoms with E-state index in [2.05, 4.69) is 5.32 Å². The van der Waals surface area contributed by atoms with Gasteiger partial charge in [0.25, 0.3) is 0 Å². The zero-order valence-corrected chi connectivity index (χ0v) is 15.6. The van der Waals surface area contributed by atoms with E-state index in [0.29, 0.717) is 21.3 Å². The molecule has 0 amide bonds. The summed E-state index contributed by atoms with van der Waals surface area (Å²) in [7, 11) is 0. The number of hydrogen-bond donors (Lipinski definition) is 2. The quantitative estimate of drug-likeness (QED) is 0.511. The van der Waals surface area contributed by atoms with E-state index in [1.165, 1.54) is 23.5 Å². The van der Waals surface area contributed by atoms with Gasteiger partial charge >= 0.3 is 5.97 Å². The van der Waals surface area contributed by atoms with Crippen molar-refractivity contribution in [3.8, 4) is 0 Å². The maximum absolute atomic E-state index is 12.1. The van der Waals surface area contributed by atoms with Gasteiger partial charge < -0.3 is 10.4 Å². The summed E-state index contributed by atoms with van der Waals surface area (Å²) in [6.07, 6.45) is 3.67. The van der Waals surface area contributed by atoms with Crippen molar-refractivity contribution < 1.29 is 9.90 Å². The van der Waals surface area contributed by atoms with Gasteiger partial charge in [-0.3, -0.25) is 0 Å². The van der Waals surface area contributed by atoms with E-state index >= 15 is 0 Å². The van der Waals surface area contributed by atoms with Crippen LogP contribution in [0, 0.1) is 0 Å². The van der Waals surface area contributed by atoms with E-state index in [-0.39, 0.29) is 0 Å². The van der Waals surface area contributed by atoms with Crippen LogP contribution in [-0.2, 0) is 9.67 Å². The minimum atomic E-state index is -1.34. The van der Waals surface area contributed by atoms with Crippen molar-refractivity contribution >= 4 is 58.4 Å². The molecule has 3 nitrogen and oxygen atoms in total. The van der Waals surface area contributed by atoms with Crippen LogP contribution in [0.1, 0.15) is 5.56 Å². The zero-order chi connectivity index (χ0) is 17.0. The minimum Gasteiger partial charge on any atom is -0.479 e. The summed E-state index contributed by atoms with van der Waals surface area (Å²) in [5, 5.41) is 13.9. The highest BCUT2D eigenvalue weighted by atomic mass is 35.5. The van der Waals surface area contributed by atoms with E-state index in [4.69, 9.17) is 23.2 Å². The van der Waals surface area contributed by atoms with Crippen LogP contribution in [0.25, 0.3) is 0 Å². The molecule has 0 radical (unpaired) electrons. The molecule has 0 aromatic heterocycles. The van der Waals surface area contributed by atoms with Gasteiger partial charge in [0.15, 0.2) is 0 Å². The SMILES string of the molecule is CSc1ccccc1C(Nc1cc(Cl)cc(Cl)c1)(SC)C(=O)O. The lowest BCUT2D eigenvalue weighted by molar-refractivity contribution is -0.139. The van der Waals surface area contributed by atoms with Crippen LogP contribution < -0.4 is 5.32 Å². The van der Waals surface area contributed by atoms with Crippen LogP contribution in [0.2, 0.25) is 10.0 Å². The van der Waals surface area contributed by atoms with Crippen LogP contribution in [0.15, 0.2) is 47.4 Å². The molecular formula is C16H15Cl2NO2S2. The van der Waals surface area contributed by atoms with Crippen LogP contribution in [0.5, 0.6) is 0 Å².